The molecule has 0 aliphatic heterocycles. The van der Waals surface area contributed by atoms with E-state index >= 15 is 0 Å². The highest BCUT2D eigenvalue weighted by atomic mass is 16.5. The minimum atomic E-state index is -0.224. The number of hydrogen-bond donors (Lipinski definition) is 0. The van der Waals surface area contributed by atoms with Gasteiger partial charge in [-0.3, -0.25) is 0 Å². The second-order valence-corrected chi connectivity index (χ2v) is 11.0. The topological polar surface area (TPSA) is 35.5 Å². The molecule has 0 saturated heterocycles. The van der Waals surface area contributed by atoms with Gasteiger partial charge in [0, 0.05) is 6.61 Å². The van der Waals surface area contributed by atoms with Crippen LogP contribution >= 0.6 is 0 Å². The van der Waals surface area contributed by atoms with Crippen molar-refractivity contribution in [1.29, 1.82) is 0 Å². The maximum Gasteiger partial charge on any atom is 0.339 e. The molecule has 0 spiro atoms. The molecule has 40 heavy (non-hydrogen) atoms. The largest absolute Gasteiger partial charge is 0.459 e. The van der Waals surface area contributed by atoms with Crippen LogP contribution in [0.5, 0.6) is 0 Å². The van der Waals surface area contributed by atoms with E-state index in [0.29, 0.717) is 5.56 Å². The predicted octanol–water partition coefficient (Wildman–Crippen LogP) is 11.0. The standard InChI is InChI=1S/C37H50O3/c1-5-8-10-11-12-15-28-39-29(4)30-20-22-31(23-21-30)32-24-26-33(27-25-32)35-18-13-14-19-36(35)37(38)40-34(16-7-3)17-9-6-2/h13-14,18-27,29,34H,5-12,15-17,28H2,1-4H3. The molecule has 216 valence electrons. The summed E-state index contributed by atoms with van der Waals surface area (Å²) in [7, 11) is 0. The van der Waals surface area contributed by atoms with Gasteiger partial charge in [-0.1, -0.05) is 139 Å². The second-order valence-electron chi connectivity index (χ2n) is 11.0. The molecule has 2 unspecified atom stereocenters. The SMILES string of the molecule is CCCCCCCCOC(C)c1ccc(-c2ccc(-c3ccccc3C(=O)OC(CCC)CCCC)cc2)cc1. The molecule has 0 aliphatic carbocycles. The Kier molecular flexibility index (Phi) is 14.0. The average molecular weight is 543 g/mol. The minimum Gasteiger partial charge on any atom is -0.459 e. The third-order valence-corrected chi connectivity index (χ3v) is 7.69. The number of ether oxygens (including phenoxy) is 2. The molecule has 3 nitrogen and oxygen atoms in total. The first-order valence-electron chi connectivity index (χ1n) is 15.7. The Morgan fingerprint density at radius 2 is 1.25 bits per heavy atom. The molecule has 3 aromatic carbocycles. The number of benzene rings is 3. The van der Waals surface area contributed by atoms with Crippen LogP contribution in [0.1, 0.15) is 120 Å². The second kappa shape index (κ2) is 17.7. The molecule has 0 bridgehead atoms. The summed E-state index contributed by atoms with van der Waals surface area (Å²) < 4.78 is 12.1. The van der Waals surface area contributed by atoms with Gasteiger partial charge in [0.15, 0.2) is 0 Å². The third-order valence-electron chi connectivity index (χ3n) is 7.69. The van der Waals surface area contributed by atoms with Gasteiger partial charge in [0.1, 0.15) is 6.10 Å². The maximum atomic E-state index is 13.2. The molecule has 3 aromatic rings. The Hall–Kier alpha value is -2.91. The number of hydrogen-bond acceptors (Lipinski definition) is 3. The van der Waals surface area contributed by atoms with Crippen LogP contribution in [-0.4, -0.2) is 18.7 Å². The normalized spacial score (nSPS) is 12.7. The molecule has 3 heteroatoms. The average Bonchev–Trinajstić information content (AvgIpc) is 2.99. The van der Waals surface area contributed by atoms with E-state index in [0.717, 1.165) is 61.8 Å². The summed E-state index contributed by atoms with van der Waals surface area (Å²) in [6.07, 6.45) is 12.8. The zero-order valence-corrected chi connectivity index (χ0v) is 25.3. The smallest absolute Gasteiger partial charge is 0.339 e. The van der Waals surface area contributed by atoms with Crippen molar-refractivity contribution < 1.29 is 14.3 Å². The summed E-state index contributed by atoms with van der Waals surface area (Å²) in [6.45, 7) is 9.52. The van der Waals surface area contributed by atoms with Crippen LogP contribution in [0.3, 0.4) is 0 Å². The molecule has 0 aliphatic rings. The van der Waals surface area contributed by atoms with Crippen LogP contribution in [0.25, 0.3) is 22.3 Å². The monoisotopic (exact) mass is 542 g/mol. The molecule has 2 atom stereocenters. The molecule has 0 amide bonds. The van der Waals surface area contributed by atoms with Gasteiger partial charge < -0.3 is 9.47 Å². The van der Waals surface area contributed by atoms with E-state index in [1.54, 1.807) is 0 Å². The van der Waals surface area contributed by atoms with Crippen molar-refractivity contribution in [1.82, 2.24) is 0 Å². The van der Waals surface area contributed by atoms with Crippen LogP contribution in [0, 0.1) is 0 Å². The zero-order valence-electron chi connectivity index (χ0n) is 25.3. The van der Waals surface area contributed by atoms with Gasteiger partial charge >= 0.3 is 5.97 Å². The summed E-state index contributed by atoms with van der Waals surface area (Å²) >= 11 is 0. The van der Waals surface area contributed by atoms with Gasteiger partial charge in [-0.25, -0.2) is 4.79 Å². The summed E-state index contributed by atoms with van der Waals surface area (Å²) in [4.78, 5) is 13.2. The van der Waals surface area contributed by atoms with E-state index in [4.69, 9.17) is 9.47 Å². The van der Waals surface area contributed by atoms with Crippen LogP contribution in [0.15, 0.2) is 72.8 Å². The van der Waals surface area contributed by atoms with Crippen molar-refractivity contribution in [3.63, 3.8) is 0 Å². The fraction of sp³-hybridized carbons (Fsp3) is 0.486. The van der Waals surface area contributed by atoms with Gasteiger partial charge in [0.25, 0.3) is 0 Å². The van der Waals surface area contributed by atoms with Crippen molar-refractivity contribution in [2.45, 2.75) is 111 Å². The van der Waals surface area contributed by atoms with Gasteiger partial charge in [-0.05, 0) is 60.1 Å². The van der Waals surface area contributed by atoms with Gasteiger partial charge in [-0.2, -0.15) is 0 Å². The van der Waals surface area contributed by atoms with Crippen LogP contribution in [-0.2, 0) is 9.47 Å². The molecular weight excluding hydrogens is 492 g/mol. The molecule has 0 heterocycles. The molecule has 3 rings (SSSR count). The van der Waals surface area contributed by atoms with Crippen molar-refractivity contribution in [2.75, 3.05) is 6.61 Å². The summed E-state index contributed by atoms with van der Waals surface area (Å²) in [6, 6.07) is 24.9. The lowest BCUT2D eigenvalue weighted by atomic mass is 9.96. The highest BCUT2D eigenvalue weighted by Gasteiger charge is 2.18. The molecule has 0 aromatic heterocycles. The number of rotatable bonds is 18. The highest BCUT2D eigenvalue weighted by Crippen LogP contribution is 2.29. The number of carbonyl (C=O) groups excluding carboxylic acids is 1. The van der Waals surface area contributed by atoms with Crippen molar-refractivity contribution in [3.05, 3.63) is 83.9 Å². The van der Waals surface area contributed by atoms with Gasteiger partial charge in [-0.15, -0.1) is 0 Å². The summed E-state index contributed by atoms with van der Waals surface area (Å²) in [5, 5.41) is 0. The van der Waals surface area contributed by atoms with Gasteiger partial charge in [0.05, 0.1) is 11.7 Å². The Labute approximate surface area is 243 Å². The van der Waals surface area contributed by atoms with E-state index in [1.165, 1.54) is 43.2 Å². The predicted molar refractivity (Wildman–Crippen MR) is 169 cm³/mol. The lowest BCUT2D eigenvalue weighted by molar-refractivity contribution is 0.0255. The van der Waals surface area contributed by atoms with Crippen LogP contribution in [0.2, 0.25) is 0 Å². The number of carbonyl (C=O) groups is 1. The lowest BCUT2D eigenvalue weighted by Crippen LogP contribution is -2.18. The molecule has 0 N–H and O–H groups in total. The Morgan fingerprint density at radius 3 is 1.93 bits per heavy atom. The molecular formula is C37H50O3. The third kappa shape index (κ3) is 9.93. The Bertz CT molecular complexity index is 1120. The number of unbranched alkanes of at least 4 members (excludes halogenated alkanes) is 6. The summed E-state index contributed by atoms with van der Waals surface area (Å²) in [5.74, 6) is -0.224. The molecule has 0 radical (unpaired) electrons. The first kappa shape index (κ1) is 31.6. The number of esters is 1. The van der Waals surface area contributed by atoms with E-state index in [2.05, 4.69) is 76.2 Å². The van der Waals surface area contributed by atoms with E-state index < -0.39 is 0 Å². The first-order valence-corrected chi connectivity index (χ1v) is 15.7. The molecule has 0 fully saturated rings. The van der Waals surface area contributed by atoms with Gasteiger partial charge in [0.2, 0.25) is 0 Å². The quantitative estimate of drug-likeness (QED) is 0.118. The minimum absolute atomic E-state index is 0.0143. The lowest BCUT2D eigenvalue weighted by Gasteiger charge is -2.18. The summed E-state index contributed by atoms with van der Waals surface area (Å²) in [5.41, 5.74) is 6.09. The van der Waals surface area contributed by atoms with Crippen molar-refractivity contribution in [2.24, 2.45) is 0 Å². The first-order chi connectivity index (χ1) is 19.6. The van der Waals surface area contributed by atoms with Crippen LogP contribution in [0.4, 0.5) is 0 Å². The Morgan fingerprint density at radius 1 is 0.650 bits per heavy atom. The zero-order chi connectivity index (χ0) is 28.6. The van der Waals surface area contributed by atoms with Crippen molar-refractivity contribution in [3.8, 4) is 22.3 Å². The van der Waals surface area contributed by atoms with E-state index in [1.807, 2.05) is 24.3 Å². The van der Waals surface area contributed by atoms with Crippen LogP contribution < -0.4 is 0 Å². The Balaban J connectivity index is 1.61. The van der Waals surface area contributed by atoms with E-state index in [-0.39, 0.29) is 18.2 Å². The fourth-order valence-corrected chi connectivity index (χ4v) is 5.17. The van der Waals surface area contributed by atoms with Crippen molar-refractivity contribution >= 4 is 5.97 Å². The molecule has 0 saturated carbocycles. The fourth-order valence-electron chi connectivity index (χ4n) is 5.17. The maximum absolute atomic E-state index is 13.2. The highest BCUT2D eigenvalue weighted by molar-refractivity contribution is 5.97. The van der Waals surface area contributed by atoms with E-state index in [9.17, 15) is 4.79 Å².